The van der Waals surface area contributed by atoms with E-state index in [1.807, 2.05) is 0 Å². The van der Waals surface area contributed by atoms with Crippen molar-refractivity contribution in [3.05, 3.63) is 0 Å². The van der Waals surface area contributed by atoms with Gasteiger partial charge in [-0.1, -0.05) is 13.8 Å². The van der Waals surface area contributed by atoms with E-state index in [0.717, 1.165) is 13.0 Å². The number of carbonyl (C=O) groups is 1. The summed E-state index contributed by atoms with van der Waals surface area (Å²) in [5, 5.41) is 5.69. The van der Waals surface area contributed by atoms with Crippen molar-refractivity contribution in [2.75, 3.05) is 31.1 Å². The van der Waals surface area contributed by atoms with Crippen molar-refractivity contribution in [2.24, 2.45) is 0 Å². The monoisotopic (exact) mass is 250 g/mol. The second-order valence-electron chi connectivity index (χ2n) is 3.69. The summed E-state index contributed by atoms with van der Waals surface area (Å²) in [4.78, 5) is 11.2. The van der Waals surface area contributed by atoms with E-state index in [1.54, 1.807) is 6.92 Å². The van der Waals surface area contributed by atoms with Crippen LogP contribution in [0, 0.1) is 0 Å². The molecule has 0 aromatic heterocycles. The molecule has 96 valence electrons. The van der Waals surface area contributed by atoms with E-state index < -0.39 is 21.5 Å². The molecule has 0 aliphatic heterocycles. The first-order chi connectivity index (χ1) is 7.52. The third kappa shape index (κ3) is 8.67. The minimum Gasteiger partial charge on any atom is -0.354 e. The predicted molar refractivity (Wildman–Crippen MR) is 65.1 cm³/mol. The van der Waals surface area contributed by atoms with Gasteiger partial charge in [-0.2, -0.15) is 0 Å². The lowest BCUT2D eigenvalue weighted by atomic mass is 10.4. The minimum atomic E-state index is -3.21. The summed E-state index contributed by atoms with van der Waals surface area (Å²) >= 11 is 0. The van der Waals surface area contributed by atoms with Crippen LogP contribution in [0.25, 0.3) is 0 Å². The minimum absolute atomic E-state index is 0.0779. The van der Waals surface area contributed by atoms with Gasteiger partial charge in [0.25, 0.3) is 0 Å². The van der Waals surface area contributed by atoms with Crippen LogP contribution in [0.5, 0.6) is 0 Å². The van der Waals surface area contributed by atoms with Crippen molar-refractivity contribution in [3.8, 4) is 0 Å². The summed E-state index contributed by atoms with van der Waals surface area (Å²) in [6.45, 7) is 5.89. The molecule has 0 aromatic rings. The Hall–Kier alpha value is -0.620. The number of amides is 1. The Kier molecular flexibility index (Phi) is 8.19. The van der Waals surface area contributed by atoms with E-state index in [0.29, 0.717) is 19.5 Å². The van der Waals surface area contributed by atoms with Gasteiger partial charge in [0, 0.05) is 13.1 Å². The molecule has 16 heavy (non-hydrogen) atoms. The van der Waals surface area contributed by atoms with Crippen LogP contribution in [0.3, 0.4) is 0 Å². The van der Waals surface area contributed by atoms with Gasteiger partial charge < -0.3 is 10.6 Å². The highest BCUT2D eigenvalue weighted by Crippen LogP contribution is 1.92. The van der Waals surface area contributed by atoms with E-state index in [9.17, 15) is 13.2 Å². The lowest BCUT2D eigenvalue weighted by molar-refractivity contribution is -0.118. The maximum atomic E-state index is 11.3. The Morgan fingerprint density at radius 3 is 2.31 bits per heavy atom. The molecule has 0 rings (SSSR count). The second-order valence-corrected chi connectivity index (χ2v) is 5.88. The number of rotatable bonds is 9. The highest BCUT2D eigenvalue weighted by Gasteiger charge is 2.14. The van der Waals surface area contributed by atoms with Gasteiger partial charge in [-0.25, -0.2) is 8.42 Å². The maximum Gasteiger partial charge on any atom is 0.235 e. The van der Waals surface area contributed by atoms with Gasteiger partial charge in [0.1, 0.15) is 5.75 Å². The van der Waals surface area contributed by atoms with Crippen LogP contribution in [0.1, 0.15) is 26.7 Å². The quantitative estimate of drug-likeness (QED) is 0.562. The van der Waals surface area contributed by atoms with Crippen LogP contribution in [0.15, 0.2) is 0 Å². The molecule has 0 bridgehead atoms. The molecular weight excluding hydrogens is 228 g/mol. The fraction of sp³-hybridized carbons (Fsp3) is 0.900. The lowest BCUT2D eigenvalue weighted by Gasteiger charge is -2.06. The molecule has 2 N–H and O–H groups in total. The predicted octanol–water partition coefficient (Wildman–Crippen LogP) is -0.0730. The van der Waals surface area contributed by atoms with Crippen LogP contribution >= 0.6 is 0 Å². The highest BCUT2D eigenvalue weighted by atomic mass is 32.2. The van der Waals surface area contributed by atoms with E-state index >= 15 is 0 Å². The molecule has 0 unspecified atom stereocenters. The molecule has 0 saturated carbocycles. The standard InChI is InChI=1S/C10H22N2O3S/c1-3-5-11-6-7-12-10(13)9-16(14,15)8-4-2/h11H,3-9H2,1-2H3,(H,12,13). The number of hydrogen-bond acceptors (Lipinski definition) is 4. The van der Waals surface area contributed by atoms with Gasteiger partial charge in [-0.05, 0) is 19.4 Å². The number of nitrogens with one attached hydrogen (secondary N) is 2. The molecule has 0 atom stereocenters. The molecule has 0 fully saturated rings. The summed E-state index contributed by atoms with van der Waals surface area (Å²) in [7, 11) is -3.21. The molecule has 0 saturated heterocycles. The molecule has 5 nitrogen and oxygen atoms in total. The van der Waals surface area contributed by atoms with Gasteiger partial charge >= 0.3 is 0 Å². The van der Waals surface area contributed by atoms with Crippen LogP contribution in [0.4, 0.5) is 0 Å². The third-order valence-electron chi connectivity index (χ3n) is 1.92. The zero-order valence-corrected chi connectivity index (χ0v) is 10.9. The average molecular weight is 250 g/mol. The zero-order valence-electron chi connectivity index (χ0n) is 10.1. The number of sulfone groups is 1. The maximum absolute atomic E-state index is 11.3. The molecular formula is C10H22N2O3S. The molecule has 0 heterocycles. The molecule has 0 radical (unpaired) electrons. The molecule has 1 amide bonds. The summed E-state index contributed by atoms with van der Waals surface area (Å²) in [5.74, 6) is -0.727. The van der Waals surface area contributed by atoms with Crippen LogP contribution < -0.4 is 10.6 Å². The SMILES string of the molecule is CCCNCCNC(=O)CS(=O)(=O)CCC. The largest absolute Gasteiger partial charge is 0.354 e. The normalized spacial score (nSPS) is 11.4. The Morgan fingerprint density at radius 1 is 1.06 bits per heavy atom. The summed E-state index contributed by atoms with van der Waals surface area (Å²) < 4.78 is 22.6. The number of hydrogen-bond donors (Lipinski definition) is 2. The average Bonchev–Trinajstić information content (AvgIpc) is 2.16. The third-order valence-corrected chi connectivity index (χ3v) is 3.65. The van der Waals surface area contributed by atoms with Crippen molar-refractivity contribution in [1.29, 1.82) is 0 Å². The van der Waals surface area contributed by atoms with Gasteiger partial charge in [0.05, 0.1) is 5.75 Å². The van der Waals surface area contributed by atoms with Crippen LogP contribution in [-0.4, -0.2) is 45.5 Å². The van der Waals surface area contributed by atoms with Gasteiger partial charge in [0.2, 0.25) is 5.91 Å². The fourth-order valence-corrected chi connectivity index (χ4v) is 2.49. The first-order valence-electron chi connectivity index (χ1n) is 5.69. The Morgan fingerprint density at radius 2 is 1.75 bits per heavy atom. The van der Waals surface area contributed by atoms with E-state index in [-0.39, 0.29) is 5.75 Å². The first-order valence-corrected chi connectivity index (χ1v) is 7.51. The van der Waals surface area contributed by atoms with Gasteiger partial charge in [-0.3, -0.25) is 4.79 Å². The molecule has 0 aliphatic rings. The van der Waals surface area contributed by atoms with Crippen molar-refractivity contribution in [3.63, 3.8) is 0 Å². The lowest BCUT2D eigenvalue weighted by Crippen LogP contribution is -2.36. The Balaban J connectivity index is 3.66. The van der Waals surface area contributed by atoms with Crippen molar-refractivity contribution in [1.82, 2.24) is 10.6 Å². The number of carbonyl (C=O) groups excluding carboxylic acids is 1. The molecule has 0 spiro atoms. The summed E-state index contributed by atoms with van der Waals surface area (Å²) in [5.41, 5.74) is 0. The van der Waals surface area contributed by atoms with Crippen molar-refractivity contribution < 1.29 is 13.2 Å². The summed E-state index contributed by atoms with van der Waals surface area (Å²) in [6.07, 6.45) is 1.59. The van der Waals surface area contributed by atoms with E-state index in [1.165, 1.54) is 0 Å². The smallest absolute Gasteiger partial charge is 0.235 e. The molecule has 0 aromatic carbocycles. The van der Waals surface area contributed by atoms with Gasteiger partial charge in [-0.15, -0.1) is 0 Å². The second kappa shape index (κ2) is 8.52. The zero-order chi connectivity index (χ0) is 12.4. The van der Waals surface area contributed by atoms with Crippen molar-refractivity contribution in [2.45, 2.75) is 26.7 Å². The fourth-order valence-electron chi connectivity index (χ4n) is 1.23. The Labute approximate surface area is 97.9 Å². The first kappa shape index (κ1) is 15.4. The van der Waals surface area contributed by atoms with Gasteiger partial charge in [0.15, 0.2) is 9.84 Å². The van der Waals surface area contributed by atoms with Crippen LogP contribution in [0.2, 0.25) is 0 Å². The summed E-state index contributed by atoms with van der Waals surface area (Å²) in [6, 6.07) is 0. The highest BCUT2D eigenvalue weighted by molar-refractivity contribution is 7.92. The van der Waals surface area contributed by atoms with Crippen LogP contribution in [-0.2, 0) is 14.6 Å². The topological polar surface area (TPSA) is 75.3 Å². The van der Waals surface area contributed by atoms with E-state index in [4.69, 9.17) is 0 Å². The van der Waals surface area contributed by atoms with Crippen molar-refractivity contribution >= 4 is 15.7 Å². The molecule has 0 aliphatic carbocycles. The molecule has 6 heteroatoms. The van der Waals surface area contributed by atoms with E-state index in [2.05, 4.69) is 17.6 Å². The Bertz CT molecular complexity index is 288.